The van der Waals surface area contributed by atoms with Gasteiger partial charge in [0.15, 0.2) is 5.78 Å². The highest BCUT2D eigenvalue weighted by atomic mass is 35.5. The highest BCUT2D eigenvalue weighted by Crippen LogP contribution is 2.70. The lowest BCUT2D eigenvalue weighted by molar-refractivity contribution is 0.0948. The molecule has 0 amide bonds. The van der Waals surface area contributed by atoms with Gasteiger partial charge in [-0.3, -0.25) is 4.79 Å². The first-order chi connectivity index (χ1) is 8.16. The molecule has 1 aromatic heterocycles. The largest absolute Gasteiger partial charge is 0.293 e. The number of carbonyl (C=O) groups excluding carboxylic acids is 1. The summed E-state index contributed by atoms with van der Waals surface area (Å²) in [7, 11) is 0. The van der Waals surface area contributed by atoms with Crippen molar-refractivity contribution >= 4 is 28.7 Å². The van der Waals surface area contributed by atoms with E-state index >= 15 is 0 Å². The van der Waals surface area contributed by atoms with Gasteiger partial charge < -0.3 is 0 Å². The predicted molar refractivity (Wildman–Crippen MR) is 69.7 cm³/mol. The second kappa shape index (κ2) is 3.36. The first-order valence-electron chi connectivity index (χ1n) is 6.47. The normalized spacial score (nSPS) is 41.6. The molecule has 0 aliphatic heterocycles. The van der Waals surface area contributed by atoms with Crippen molar-refractivity contribution in [1.29, 1.82) is 0 Å². The summed E-state index contributed by atoms with van der Waals surface area (Å²) < 4.78 is 0.780. The molecule has 0 N–H and O–H groups in total. The summed E-state index contributed by atoms with van der Waals surface area (Å²) in [5.74, 6) is 3.96. The van der Waals surface area contributed by atoms with Crippen molar-refractivity contribution < 1.29 is 4.79 Å². The summed E-state index contributed by atoms with van der Waals surface area (Å²) in [6.45, 7) is 1.98. The summed E-state index contributed by atoms with van der Waals surface area (Å²) in [6.07, 6.45) is 4.16. The number of rotatable bonds is 2. The molecule has 0 spiro atoms. The molecule has 0 aromatic carbocycles. The van der Waals surface area contributed by atoms with Crippen molar-refractivity contribution in [2.45, 2.75) is 26.2 Å². The van der Waals surface area contributed by atoms with Crippen molar-refractivity contribution in [1.82, 2.24) is 0 Å². The minimum absolute atomic E-state index is 0.357. The first kappa shape index (κ1) is 10.6. The Morgan fingerprint density at radius 1 is 1.35 bits per heavy atom. The van der Waals surface area contributed by atoms with Gasteiger partial charge >= 0.3 is 0 Å². The van der Waals surface area contributed by atoms with Gasteiger partial charge in [-0.05, 0) is 61.5 Å². The van der Waals surface area contributed by atoms with Crippen molar-refractivity contribution in [3.8, 4) is 0 Å². The predicted octanol–water partition coefficient (Wildman–Crippen LogP) is 4.18. The summed E-state index contributed by atoms with van der Waals surface area (Å²) in [5.41, 5.74) is 1.05. The van der Waals surface area contributed by atoms with E-state index in [1.54, 1.807) is 0 Å². The van der Waals surface area contributed by atoms with Gasteiger partial charge in [-0.15, -0.1) is 11.3 Å². The third kappa shape index (κ3) is 1.34. The van der Waals surface area contributed by atoms with Crippen LogP contribution in [0.15, 0.2) is 6.07 Å². The Balaban J connectivity index is 1.60. The van der Waals surface area contributed by atoms with E-state index in [-0.39, 0.29) is 0 Å². The SMILES string of the molecule is Cc1cc(C(=O)C2C3C4CCC(C4)C23)sc1Cl. The van der Waals surface area contributed by atoms with Gasteiger partial charge in [-0.2, -0.15) is 0 Å². The Kier molecular flexibility index (Phi) is 2.09. The van der Waals surface area contributed by atoms with E-state index in [0.717, 1.165) is 38.4 Å². The topological polar surface area (TPSA) is 17.1 Å². The summed E-state index contributed by atoms with van der Waals surface area (Å²) in [5, 5.41) is 0. The van der Waals surface area contributed by atoms with E-state index in [1.165, 1.54) is 30.6 Å². The van der Waals surface area contributed by atoms with Crippen LogP contribution < -0.4 is 0 Å². The highest BCUT2D eigenvalue weighted by molar-refractivity contribution is 7.18. The third-order valence-electron chi connectivity index (χ3n) is 5.14. The van der Waals surface area contributed by atoms with Crippen LogP contribution in [-0.4, -0.2) is 5.78 Å². The Morgan fingerprint density at radius 2 is 2.00 bits per heavy atom. The molecule has 4 unspecified atom stereocenters. The van der Waals surface area contributed by atoms with E-state index in [9.17, 15) is 4.79 Å². The maximum atomic E-state index is 12.5. The van der Waals surface area contributed by atoms with Crippen LogP contribution in [0.4, 0.5) is 0 Å². The van der Waals surface area contributed by atoms with Gasteiger partial charge in [0.05, 0.1) is 9.21 Å². The molecule has 1 heterocycles. The molecule has 3 heteroatoms. The van der Waals surface area contributed by atoms with Crippen molar-refractivity contribution in [2.75, 3.05) is 0 Å². The molecule has 3 aliphatic carbocycles. The standard InChI is InChI=1S/C14H15ClOS/c1-6-4-9(17-14(6)15)13(16)12-10-7-2-3-8(5-7)11(10)12/h4,7-8,10-12H,2-3,5H2,1H3. The average molecular weight is 267 g/mol. The van der Waals surface area contributed by atoms with Crippen molar-refractivity contribution in [3.63, 3.8) is 0 Å². The molecule has 2 bridgehead atoms. The van der Waals surface area contributed by atoms with Crippen LogP contribution in [-0.2, 0) is 0 Å². The molecule has 3 aliphatic rings. The quantitative estimate of drug-likeness (QED) is 0.734. The molecule has 3 fully saturated rings. The molecule has 1 nitrogen and oxygen atoms in total. The van der Waals surface area contributed by atoms with Gasteiger partial charge in [-0.1, -0.05) is 11.6 Å². The van der Waals surface area contributed by atoms with Crippen molar-refractivity contribution in [3.05, 3.63) is 20.8 Å². The number of hydrogen-bond acceptors (Lipinski definition) is 2. The molecule has 17 heavy (non-hydrogen) atoms. The van der Waals surface area contributed by atoms with E-state index < -0.39 is 0 Å². The molecule has 1 aromatic rings. The van der Waals surface area contributed by atoms with E-state index in [0.29, 0.717) is 11.7 Å². The van der Waals surface area contributed by atoms with Crippen LogP contribution in [0.1, 0.15) is 34.5 Å². The van der Waals surface area contributed by atoms with Gasteiger partial charge in [0.1, 0.15) is 0 Å². The maximum Gasteiger partial charge on any atom is 0.176 e. The van der Waals surface area contributed by atoms with Crippen LogP contribution in [0.25, 0.3) is 0 Å². The zero-order valence-corrected chi connectivity index (χ0v) is 11.4. The van der Waals surface area contributed by atoms with Gasteiger partial charge in [0.2, 0.25) is 0 Å². The number of halogens is 1. The Hall–Kier alpha value is -0.340. The number of hydrogen-bond donors (Lipinski definition) is 0. The van der Waals surface area contributed by atoms with Crippen LogP contribution in [0.2, 0.25) is 4.34 Å². The van der Waals surface area contributed by atoms with Crippen LogP contribution >= 0.6 is 22.9 Å². The molecule has 90 valence electrons. The zero-order chi connectivity index (χ0) is 11.7. The van der Waals surface area contributed by atoms with Gasteiger partial charge in [0.25, 0.3) is 0 Å². The molecule has 4 atom stereocenters. The number of Topliss-reactive ketones (excluding diaryl/α,β-unsaturated/α-hetero) is 1. The van der Waals surface area contributed by atoms with Gasteiger partial charge in [0, 0.05) is 5.92 Å². The lowest BCUT2D eigenvalue weighted by Crippen LogP contribution is -2.08. The van der Waals surface area contributed by atoms with E-state index in [2.05, 4.69) is 0 Å². The number of aryl methyl sites for hydroxylation is 1. The third-order valence-corrected chi connectivity index (χ3v) is 6.71. The molecular weight excluding hydrogens is 252 g/mol. The van der Waals surface area contributed by atoms with Crippen molar-refractivity contribution in [2.24, 2.45) is 29.6 Å². The lowest BCUT2D eigenvalue weighted by Gasteiger charge is -2.06. The van der Waals surface area contributed by atoms with Crippen LogP contribution in [0.3, 0.4) is 0 Å². The zero-order valence-electron chi connectivity index (χ0n) is 9.78. The molecule has 3 saturated carbocycles. The fourth-order valence-corrected chi connectivity index (χ4v) is 5.61. The first-order valence-corrected chi connectivity index (χ1v) is 7.66. The number of fused-ring (bicyclic) bond motifs is 5. The minimum Gasteiger partial charge on any atom is -0.293 e. The van der Waals surface area contributed by atoms with Crippen LogP contribution in [0, 0.1) is 36.5 Å². The number of ketones is 1. The second-order valence-corrected chi connectivity index (χ2v) is 7.60. The molecule has 0 radical (unpaired) electrons. The molecular formula is C14H15ClOS. The lowest BCUT2D eigenvalue weighted by atomic mass is 9.99. The monoisotopic (exact) mass is 266 g/mol. The Bertz CT molecular complexity index is 471. The number of thiophene rings is 1. The maximum absolute atomic E-state index is 12.5. The second-order valence-electron chi connectivity index (χ2n) is 5.95. The summed E-state index contributed by atoms with van der Waals surface area (Å²) in [6, 6.07) is 1.98. The smallest absolute Gasteiger partial charge is 0.176 e. The molecule has 4 rings (SSSR count). The fraction of sp³-hybridized carbons (Fsp3) is 0.643. The summed E-state index contributed by atoms with van der Waals surface area (Å²) >= 11 is 7.52. The Morgan fingerprint density at radius 3 is 2.53 bits per heavy atom. The van der Waals surface area contributed by atoms with E-state index in [4.69, 9.17) is 11.6 Å². The fourth-order valence-electron chi connectivity index (χ4n) is 4.42. The van der Waals surface area contributed by atoms with Crippen LogP contribution in [0.5, 0.6) is 0 Å². The van der Waals surface area contributed by atoms with Gasteiger partial charge in [-0.25, -0.2) is 0 Å². The van der Waals surface area contributed by atoms with E-state index in [1.807, 2.05) is 13.0 Å². The number of carbonyl (C=O) groups is 1. The summed E-state index contributed by atoms with van der Waals surface area (Å²) in [4.78, 5) is 13.4. The minimum atomic E-state index is 0.357. The highest BCUT2D eigenvalue weighted by Gasteiger charge is 2.67. The molecule has 0 saturated heterocycles. The Labute approximate surface area is 110 Å². The average Bonchev–Trinajstić information content (AvgIpc) is 2.60.